The number of nitrogens with one attached hydrogen (secondary N) is 1. The first-order valence-corrected chi connectivity index (χ1v) is 6.32. The predicted octanol–water partition coefficient (Wildman–Crippen LogP) is 0.764. The highest BCUT2D eigenvalue weighted by atomic mass is 16.5. The van der Waals surface area contributed by atoms with Crippen LogP contribution >= 0.6 is 0 Å². The zero-order chi connectivity index (χ0) is 11.5. The molecule has 2 bridgehead atoms. The number of morpholine rings is 1. The predicted molar refractivity (Wildman–Crippen MR) is 62.2 cm³/mol. The molecule has 2 aliphatic heterocycles. The third-order valence-corrected chi connectivity index (χ3v) is 3.29. The van der Waals surface area contributed by atoms with Crippen molar-refractivity contribution in [2.75, 3.05) is 19.6 Å². The molecule has 2 aliphatic rings. The molecular formula is C12H22N2O2. The van der Waals surface area contributed by atoms with Crippen LogP contribution in [0.25, 0.3) is 0 Å². The number of ether oxygens (including phenoxy) is 1. The molecule has 1 N–H and O–H groups in total. The van der Waals surface area contributed by atoms with Crippen LogP contribution in [0, 0.1) is 0 Å². The van der Waals surface area contributed by atoms with Crippen molar-refractivity contribution >= 4 is 5.91 Å². The van der Waals surface area contributed by atoms with E-state index < -0.39 is 0 Å². The van der Waals surface area contributed by atoms with Crippen LogP contribution in [0.1, 0.15) is 33.1 Å². The SMILES string of the molecule is CC(C)NCCC(=O)N1CC2CCC(C1)O2. The molecule has 0 aromatic heterocycles. The van der Waals surface area contributed by atoms with E-state index in [4.69, 9.17) is 4.74 Å². The molecule has 0 saturated carbocycles. The Balaban J connectivity index is 1.73. The van der Waals surface area contributed by atoms with E-state index in [2.05, 4.69) is 19.2 Å². The number of amides is 1. The minimum absolute atomic E-state index is 0.272. The van der Waals surface area contributed by atoms with Gasteiger partial charge in [-0.1, -0.05) is 13.8 Å². The molecule has 0 aromatic rings. The van der Waals surface area contributed by atoms with Gasteiger partial charge >= 0.3 is 0 Å². The molecule has 92 valence electrons. The van der Waals surface area contributed by atoms with Gasteiger partial charge in [0, 0.05) is 32.1 Å². The topological polar surface area (TPSA) is 41.6 Å². The summed E-state index contributed by atoms with van der Waals surface area (Å²) in [6.07, 6.45) is 3.47. The lowest BCUT2D eigenvalue weighted by atomic mass is 10.2. The van der Waals surface area contributed by atoms with Crippen molar-refractivity contribution in [3.05, 3.63) is 0 Å². The summed E-state index contributed by atoms with van der Waals surface area (Å²) in [6, 6.07) is 0.452. The molecule has 16 heavy (non-hydrogen) atoms. The minimum Gasteiger partial charge on any atom is -0.371 e. The number of fused-ring (bicyclic) bond motifs is 2. The molecular weight excluding hydrogens is 204 g/mol. The summed E-state index contributed by atoms with van der Waals surface area (Å²) in [7, 11) is 0. The number of carbonyl (C=O) groups excluding carboxylic acids is 1. The van der Waals surface area contributed by atoms with Crippen molar-refractivity contribution in [3.8, 4) is 0 Å². The van der Waals surface area contributed by atoms with Gasteiger partial charge in [0.1, 0.15) is 0 Å². The molecule has 4 nitrogen and oxygen atoms in total. The highest BCUT2D eigenvalue weighted by Crippen LogP contribution is 2.26. The van der Waals surface area contributed by atoms with Crippen molar-refractivity contribution in [2.45, 2.75) is 51.4 Å². The van der Waals surface area contributed by atoms with Crippen LogP contribution in [0.2, 0.25) is 0 Å². The summed E-state index contributed by atoms with van der Waals surface area (Å²) in [5.41, 5.74) is 0. The quantitative estimate of drug-likeness (QED) is 0.769. The highest BCUT2D eigenvalue weighted by Gasteiger charge is 2.35. The van der Waals surface area contributed by atoms with E-state index in [1.54, 1.807) is 0 Å². The third kappa shape index (κ3) is 2.95. The summed E-state index contributed by atoms with van der Waals surface area (Å²) in [4.78, 5) is 13.9. The maximum atomic E-state index is 11.9. The first-order chi connectivity index (χ1) is 7.65. The van der Waals surface area contributed by atoms with Crippen LogP contribution in [-0.4, -0.2) is 48.7 Å². The van der Waals surface area contributed by atoms with Gasteiger partial charge in [-0.05, 0) is 12.8 Å². The molecule has 4 heteroatoms. The molecule has 1 amide bonds. The van der Waals surface area contributed by atoms with Crippen LogP contribution in [0.4, 0.5) is 0 Å². The van der Waals surface area contributed by atoms with Crippen molar-refractivity contribution < 1.29 is 9.53 Å². The summed E-state index contributed by atoms with van der Waals surface area (Å²) in [5.74, 6) is 0.272. The van der Waals surface area contributed by atoms with Gasteiger partial charge in [0.25, 0.3) is 0 Å². The maximum Gasteiger partial charge on any atom is 0.224 e. The van der Waals surface area contributed by atoms with Crippen LogP contribution in [0.5, 0.6) is 0 Å². The number of nitrogens with zero attached hydrogens (tertiary/aromatic N) is 1. The van der Waals surface area contributed by atoms with Crippen molar-refractivity contribution in [1.29, 1.82) is 0 Å². The summed E-state index contributed by atoms with van der Waals surface area (Å²) in [5, 5.41) is 3.27. The summed E-state index contributed by atoms with van der Waals surface area (Å²) < 4.78 is 5.71. The van der Waals surface area contributed by atoms with Gasteiger partial charge in [-0.3, -0.25) is 4.79 Å². The fourth-order valence-electron chi connectivity index (χ4n) is 2.44. The van der Waals surface area contributed by atoms with E-state index in [0.717, 1.165) is 32.5 Å². The lowest BCUT2D eigenvalue weighted by Crippen LogP contribution is -2.46. The van der Waals surface area contributed by atoms with Gasteiger partial charge < -0.3 is 15.0 Å². The first kappa shape index (κ1) is 11.9. The van der Waals surface area contributed by atoms with E-state index in [1.807, 2.05) is 4.90 Å². The molecule has 2 heterocycles. The second kappa shape index (κ2) is 5.15. The van der Waals surface area contributed by atoms with Crippen LogP contribution in [0.3, 0.4) is 0 Å². The fraction of sp³-hybridized carbons (Fsp3) is 0.917. The molecule has 2 unspecified atom stereocenters. The van der Waals surface area contributed by atoms with Gasteiger partial charge in [-0.25, -0.2) is 0 Å². The summed E-state index contributed by atoms with van der Waals surface area (Å²) in [6.45, 7) is 6.58. The van der Waals surface area contributed by atoms with Crippen molar-refractivity contribution in [2.24, 2.45) is 0 Å². The lowest BCUT2D eigenvalue weighted by molar-refractivity contribution is -0.139. The molecule has 0 radical (unpaired) electrons. The largest absolute Gasteiger partial charge is 0.371 e. The van der Waals surface area contributed by atoms with Crippen molar-refractivity contribution in [3.63, 3.8) is 0 Å². The van der Waals surface area contributed by atoms with Crippen LogP contribution in [-0.2, 0) is 9.53 Å². The average molecular weight is 226 g/mol. The normalized spacial score (nSPS) is 28.8. The van der Waals surface area contributed by atoms with Gasteiger partial charge in [0.2, 0.25) is 5.91 Å². The first-order valence-electron chi connectivity index (χ1n) is 6.32. The van der Waals surface area contributed by atoms with Crippen LogP contribution in [0.15, 0.2) is 0 Å². The smallest absolute Gasteiger partial charge is 0.224 e. The summed E-state index contributed by atoms with van der Waals surface area (Å²) >= 11 is 0. The Morgan fingerprint density at radius 3 is 2.56 bits per heavy atom. The molecule has 2 rings (SSSR count). The second-order valence-corrected chi connectivity index (χ2v) is 5.11. The zero-order valence-corrected chi connectivity index (χ0v) is 10.2. The molecule has 0 aromatic carbocycles. The zero-order valence-electron chi connectivity index (χ0n) is 10.2. The van der Waals surface area contributed by atoms with Crippen LogP contribution < -0.4 is 5.32 Å². The minimum atomic E-state index is 0.272. The Morgan fingerprint density at radius 2 is 2.00 bits per heavy atom. The van der Waals surface area contributed by atoms with E-state index in [9.17, 15) is 4.79 Å². The maximum absolute atomic E-state index is 11.9. The lowest BCUT2D eigenvalue weighted by Gasteiger charge is -2.32. The number of likely N-dealkylation sites (tertiary alicyclic amines) is 1. The fourth-order valence-corrected chi connectivity index (χ4v) is 2.44. The van der Waals surface area contributed by atoms with Gasteiger partial charge in [0.15, 0.2) is 0 Å². The molecule has 0 aliphatic carbocycles. The number of hydrogen-bond donors (Lipinski definition) is 1. The Morgan fingerprint density at radius 1 is 1.38 bits per heavy atom. The van der Waals surface area contributed by atoms with E-state index in [0.29, 0.717) is 24.7 Å². The number of carbonyl (C=O) groups is 1. The third-order valence-electron chi connectivity index (χ3n) is 3.29. The molecule has 2 fully saturated rings. The van der Waals surface area contributed by atoms with E-state index in [1.165, 1.54) is 0 Å². The Bertz CT molecular complexity index is 243. The monoisotopic (exact) mass is 226 g/mol. The van der Waals surface area contributed by atoms with E-state index in [-0.39, 0.29) is 5.91 Å². The highest BCUT2D eigenvalue weighted by molar-refractivity contribution is 5.76. The number of rotatable bonds is 4. The second-order valence-electron chi connectivity index (χ2n) is 5.11. The molecule has 2 saturated heterocycles. The molecule has 0 spiro atoms. The average Bonchev–Trinajstić information content (AvgIpc) is 2.57. The van der Waals surface area contributed by atoms with Gasteiger partial charge in [0.05, 0.1) is 12.2 Å². The molecule has 2 atom stereocenters. The number of hydrogen-bond acceptors (Lipinski definition) is 3. The standard InChI is InChI=1S/C12H22N2O2/c1-9(2)13-6-5-12(15)14-7-10-3-4-11(8-14)16-10/h9-11,13H,3-8H2,1-2H3. The van der Waals surface area contributed by atoms with Crippen molar-refractivity contribution in [1.82, 2.24) is 10.2 Å². The Kier molecular flexibility index (Phi) is 3.82. The Labute approximate surface area is 97.3 Å². The van der Waals surface area contributed by atoms with Gasteiger partial charge in [-0.15, -0.1) is 0 Å². The Hall–Kier alpha value is -0.610. The van der Waals surface area contributed by atoms with E-state index >= 15 is 0 Å². The van der Waals surface area contributed by atoms with Gasteiger partial charge in [-0.2, -0.15) is 0 Å².